The maximum Gasteiger partial charge on any atom is 0.124 e. The fourth-order valence-electron chi connectivity index (χ4n) is 4.90. The maximum absolute atomic E-state index is 6.53. The molecule has 0 aromatic heterocycles. The van der Waals surface area contributed by atoms with E-state index in [1.54, 1.807) is 11.1 Å². The van der Waals surface area contributed by atoms with Gasteiger partial charge in [-0.25, -0.2) is 0 Å². The average Bonchev–Trinajstić information content (AvgIpc) is 2.67. The van der Waals surface area contributed by atoms with Crippen LogP contribution in [0.15, 0.2) is 65.8 Å². The summed E-state index contributed by atoms with van der Waals surface area (Å²) in [5.41, 5.74) is 5.83. The van der Waals surface area contributed by atoms with Gasteiger partial charge in [-0.15, -0.1) is 0 Å². The predicted octanol–water partition coefficient (Wildman–Crippen LogP) is 6.52. The van der Waals surface area contributed by atoms with Crippen molar-refractivity contribution in [2.45, 2.75) is 71.4 Å². The number of hydrogen-bond donors (Lipinski definition) is 0. The van der Waals surface area contributed by atoms with E-state index in [0.717, 1.165) is 31.7 Å². The molecule has 0 spiro atoms. The first-order valence-corrected chi connectivity index (χ1v) is 11.6. The van der Waals surface area contributed by atoms with E-state index in [2.05, 4.69) is 94.2 Å². The van der Waals surface area contributed by atoms with E-state index < -0.39 is 0 Å². The van der Waals surface area contributed by atoms with E-state index in [0.29, 0.717) is 12.0 Å². The van der Waals surface area contributed by atoms with Crippen LogP contribution in [0.4, 0.5) is 0 Å². The molecule has 4 rings (SSSR count). The molecule has 30 heavy (non-hydrogen) atoms. The van der Waals surface area contributed by atoms with Gasteiger partial charge < -0.3 is 4.74 Å². The highest BCUT2D eigenvalue weighted by molar-refractivity contribution is 5.42. The molecule has 0 saturated carbocycles. The molecule has 1 unspecified atom stereocenters. The van der Waals surface area contributed by atoms with Crippen molar-refractivity contribution in [2.24, 2.45) is 5.92 Å². The summed E-state index contributed by atoms with van der Waals surface area (Å²) < 4.78 is 6.53. The van der Waals surface area contributed by atoms with Gasteiger partial charge in [0.15, 0.2) is 0 Å². The minimum atomic E-state index is 0.0853. The summed E-state index contributed by atoms with van der Waals surface area (Å²) in [6.07, 6.45) is 17.6. The first kappa shape index (κ1) is 21.2. The summed E-state index contributed by atoms with van der Waals surface area (Å²) in [5.74, 6) is 1.69. The summed E-state index contributed by atoms with van der Waals surface area (Å²) in [5, 5.41) is 0. The molecule has 1 aromatic carbocycles. The van der Waals surface area contributed by atoms with Crippen molar-refractivity contribution in [1.82, 2.24) is 4.90 Å². The highest BCUT2D eigenvalue weighted by Crippen LogP contribution is 2.37. The molecular weight excluding hydrogens is 366 g/mol. The Morgan fingerprint density at radius 2 is 1.83 bits per heavy atom. The molecule has 1 saturated heterocycles. The Morgan fingerprint density at radius 3 is 2.50 bits per heavy atom. The van der Waals surface area contributed by atoms with Crippen molar-refractivity contribution in [3.05, 3.63) is 76.9 Å². The molecule has 2 nitrogen and oxygen atoms in total. The molecule has 0 radical (unpaired) electrons. The Hall–Kier alpha value is -2.06. The van der Waals surface area contributed by atoms with E-state index >= 15 is 0 Å². The smallest absolute Gasteiger partial charge is 0.124 e. The zero-order valence-corrected chi connectivity index (χ0v) is 19.3. The molecule has 0 bridgehead atoms. The molecule has 160 valence electrons. The molecular formula is C28H37NO. The van der Waals surface area contributed by atoms with Crippen LogP contribution in [0.2, 0.25) is 0 Å². The molecule has 2 aliphatic carbocycles. The molecule has 1 heterocycles. The van der Waals surface area contributed by atoms with Crippen LogP contribution in [0.3, 0.4) is 0 Å². The first-order chi connectivity index (χ1) is 14.3. The quantitative estimate of drug-likeness (QED) is 0.555. The van der Waals surface area contributed by atoms with Gasteiger partial charge in [-0.1, -0.05) is 81.8 Å². The predicted molar refractivity (Wildman–Crippen MR) is 127 cm³/mol. The third-order valence-electron chi connectivity index (χ3n) is 6.53. The van der Waals surface area contributed by atoms with Crippen LogP contribution in [0.1, 0.15) is 58.1 Å². The Labute approximate surface area is 183 Å². The molecule has 1 fully saturated rings. The minimum absolute atomic E-state index is 0.0853. The first-order valence-electron chi connectivity index (χ1n) is 11.6. The molecule has 0 N–H and O–H groups in total. The Bertz CT molecular complexity index is 890. The van der Waals surface area contributed by atoms with Gasteiger partial charge in [0.05, 0.1) is 6.04 Å². The SMILES string of the molecule is Cc1ccc(OC2CN(C(C3=CC=CCC3)C3=CC=C[C@@H](C)C3)C2)c(C(C)(C)C)c1. The Kier molecular flexibility index (Phi) is 6.06. The minimum Gasteiger partial charge on any atom is -0.487 e. The molecule has 2 atom stereocenters. The summed E-state index contributed by atoms with van der Waals surface area (Å²) >= 11 is 0. The second-order valence-electron chi connectivity index (χ2n) is 10.4. The van der Waals surface area contributed by atoms with Crippen molar-refractivity contribution in [1.29, 1.82) is 0 Å². The molecule has 3 aliphatic rings. The zero-order chi connectivity index (χ0) is 21.3. The number of ether oxygens (including phenoxy) is 1. The number of rotatable bonds is 5. The standard InChI is InChI=1S/C28H37NO/c1-20-10-9-13-23(16-20)27(22-11-7-6-8-12-22)29-18-24(19-29)30-26-15-14-21(2)17-25(26)28(3,4)5/h6-7,9-11,13-15,17,20,24,27H,8,12,16,18-19H2,1-5H3/t20-,27?/m1/s1. The van der Waals surface area contributed by atoms with Crippen LogP contribution in [0.5, 0.6) is 5.75 Å². The topological polar surface area (TPSA) is 12.5 Å². The largest absolute Gasteiger partial charge is 0.487 e. The third-order valence-corrected chi connectivity index (χ3v) is 6.53. The second-order valence-corrected chi connectivity index (χ2v) is 10.4. The van der Waals surface area contributed by atoms with Gasteiger partial charge in [0.1, 0.15) is 11.9 Å². The number of aryl methyl sites for hydroxylation is 1. The lowest BCUT2D eigenvalue weighted by Gasteiger charge is -2.46. The number of allylic oxidation sites excluding steroid dienone is 6. The van der Waals surface area contributed by atoms with Crippen LogP contribution in [0, 0.1) is 12.8 Å². The number of nitrogens with zero attached hydrogens (tertiary/aromatic N) is 1. The van der Waals surface area contributed by atoms with Gasteiger partial charge >= 0.3 is 0 Å². The van der Waals surface area contributed by atoms with E-state index in [4.69, 9.17) is 4.74 Å². The molecule has 1 aromatic rings. The van der Waals surface area contributed by atoms with Crippen LogP contribution in [0.25, 0.3) is 0 Å². The lowest BCUT2D eigenvalue weighted by atomic mass is 9.83. The van der Waals surface area contributed by atoms with Crippen LogP contribution in [-0.4, -0.2) is 30.1 Å². The fourth-order valence-corrected chi connectivity index (χ4v) is 4.90. The molecule has 0 amide bonds. The summed E-state index contributed by atoms with van der Waals surface area (Å²) in [7, 11) is 0. The lowest BCUT2D eigenvalue weighted by molar-refractivity contribution is 0.00564. The number of likely N-dealkylation sites (tertiary alicyclic amines) is 1. The fraction of sp³-hybridized carbons (Fsp3) is 0.500. The third kappa shape index (κ3) is 4.64. The van der Waals surface area contributed by atoms with E-state index in [9.17, 15) is 0 Å². The maximum atomic E-state index is 6.53. The van der Waals surface area contributed by atoms with Crippen molar-refractivity contribution in [3.8, 4) is 5.75 Å². The van der Waals surface area contributed by atoms with Gasteiger partial charge in [0, 0.05) is 13.1 Å². The number of benzene rings is 1. The summed E-state index contributed by atoms with van der Waals surface area (Å²) in [4.78, 5) is 2.62. The van der Waals surface area contributed by atoms with Gasteiger partial charge in [-0.2, -0.15) is 0 Å². The zero-order valence-electron chi connectivity index (χ0n) is 19.3. The summed E-state index contributed by atoms with van der Waals surface area (Å²) in [6, 6.07) is 7.06. The van der Waals surface area contributed by atoms with Gasteiger partial charge in [0.2, 0.25) is 0 Å². The van der Waals surface area contributed by atoms with Gasteiger partial charge in [-0.3, -0.25) is 4.90 Å². The van der Waals surface area contributed by atoms with Gasteiger partial charge in [0.25, 0.3) is 0 Å². The normalized spacial score (nSPS) is 23.6. The van der Waals surface area contributed by atoms with Crippen molar-refractivity contribution < 1.29 is 4.74 Å². The lowest BCUT2D eigenvalue weighted by Crippen LogP contribution is -2.59. The monoisotopic (exact) mass is 403 g/mol. The average molecular weight is 404 g/mol. The summed E-state index contributed by atoms with van der Waals surface area (Å²) in [6.45, 7) is 13.3. The van der Waals surface area contributed by atoms with Gasteiger partial charge in [-0.05, 0) is 60.3 Å². The van der Waals surface area contributed by atoms with Crippen molar-refractivity contribution >= 4 is 0 Å². The van der Waals surface area contributed by atoms with Crippen molar-refractivity contribution in [3.63, 3.8) is 0 Å². The van der Waals surface area contributed by atoms with Crippen LogP contribution in [-0.2, 0) is 5.41 Å². The molecule has 2 heteroatoms. The highest BCUT2D eigenvalue weighted by Gasteiger charge is 2.38. The Morgan fingerprint density at radius 1 is 1.07 bits per heavy atom. The Balaban J connectivity index is 1.49. The van der Waals surface area contributed by atoms with Crippen LogP contribution >= 0.6 is 0 Å². The van der Waals surface area contributed by atoms with E-state index in [1.165, 1.54) is 17.5 Å². The van der Waals surface area contributed by atoms with E-state index in [1.807, 2.05) is 0 Å². The van der Waals surface area contributed by atoms with Crippen molar-refractivity contribution in [2.75, 3.05) is 13.1 Å². The molecule has 1 aliphatic heterocycles. The number of hydrogen-bond acceptors (Lipinski definition) is 2. The highest BCUT2D eigenvalue weighted by atomic mass is 16.5. The second kappa shape index (κ2) is 8.59. The van der Waals surface area contributed by atoms with Crippen LogP contribution < -0.4 is 4.74 Å². The van der Waals surface area contributed by atoms with E-state index in [-0.39, 0.29) is 11.5 Å².